The van der Waals surface area contributed by atoms with Crippen molar-refractivity contribution in [2.75, 3.05) is 24.0 Å². The van der Waals surface area contributed by atoms with Crippen molar-refractivity contribution in [2.45, 2.75) is 13.8 Å². The molecule has 4 rings (SSSR count). The summed E-state index contributed by atoms with van der Waals surface area (Å²) in [6, 6.07) is 10.1. The fourth-order valence-corrected chi connectivity index (χ4v) is 2.69. The number of hydrogen-bond donors (Lipinski definition) is 2. The van der Waals surface area contributed by atoms with Gasteiger partial charge in [-0.05, 0) is 50.2 Å². The third kappa shape index (κ3) is 2.92. The first-order valence-electron chi connectivity index (χ1n) is 8.22. The van der Waals surface area contributed by atoms with E-state index in [0.29, 0.717) is 34.2 Å². The van der Waals surface area contributed by atoms with Gasteiger partial charge in [0.05, 0.1) is 11.1 Å². The molecule has 0 aromatic heterocycles. The van der Waals surface area contributed by atoms with E-state index < -0.39 is 5.41 Å². The van der Waals surface area contributed by atoms with Gasteiger partial charge in [-0.3, -0.25) is 9.59 Å². The summed E-state index contributed by atoms with van der Waals surface area (Å²) in [5.74, 6) is 1.32. The van der Waals surface area contributed by atoms with Crippen molar-refractivity contribution in [3.05, 3.63) is 42.0 Å². The molecule has 0 saturated heterocycles. The van der Waals surface area contributed by atoms with Crippen LogP contribution in [0.25, 0.3) is 0 Å². The van der Waals surface area contributed by atoms with Crippen LogP contribution >= 0.6 is 0 Å². The fraction of sp³-hybridized carbons (Fsp3) is 0.263. The lowest BCUT2D eigenvalue weighted by molar-refractivity contribution is -0.124. The number of nitrogens with one attached hydrogen (secondary N) is 2. The van der Waals surface area contributed by atoms with Crippen molar-refractivity contribution in [3.8, 4) is 17.2 Å². The van der Waals surface area contributed by atoms with Crippen LogP contribution in [0.2, 0.25) is 0 Å². The number of ether oxygens (including phenoxy) is 3. The van der Waals surface area contributed by atoms with E-state index in [1.807, 2.05) is 13.8 Å². The highest BCUT2D eigenvalue weighted by molar-refractivity contribution is 6.05. The molecular weight excluding hydrogens is 336 g/mol. The minimum absolute atomic E-state index is 0.129. The zero-order valence-corrected chi connectivity index (χ0v) is 14.4. The smallest absolute Gasteiger partial charge is 0.255 e. The van der Waals surface area contributed by atoms with Crippen molar-refractivity contribution in [3.63, 3.8) is 0 Å². The van der Waals surface area contributed by atoms with Crippen LogP contribution in [0.5, 0.6) is 17.2 Å². The standard InChI is InChI=1S/C19H18N2O5/c1-19(2)9-24-14-6-4-12(8-13(14)21-18(19)23)20-17(22)11-3-5-15-16(7-11)26-10-25-15/h3-8H,9-10H2,1-2H3,(H,20,22)(H,21,23). The molecule has 0 bridgehead atoms. The topological polar surface area (TPSA) is 85.9 Å². The van der Waals surface area contributed by atoms with Crippen LogP contribution < -0.4 is 24.8 Å². The van der Waals surface area contributed by atoms with Gasteiger partial charge in [0.25, 0.3) is 5.91 Å². The molecule has 0 spiro atoms. The summed E-state index contributed by atoms with van der Waals surface area (Å²) >= 11 is 0. The van der Waals surface area contributed by atoms with Crippen LogP contribution in [-0.4, -0.2) is 25.2 Å². The molecule has 2 aliphatic heterocycles. The Morgan fingerprint density at radius 1 is 1.04 bits per heavy atom. The molecule has 0 saturated carbocycles. The van der Waals surface area contributed by atoms with Crippen LogP contribution in [0.15, 0.2) is 36.4 Å². The van der Waals surface area contributed by atoms with E-state index in [-0.39, 0.29) is 25.2 Å². The predicted molar refractivity (Wildman–Crippen MR) is 94.9 cm³/mol. The molecule has 7 nitrogen and oxygen atoms in total. The van der Waals surface area contributed by atoms with E-state index in [4.69, 9.17) is 14.2 Å². The van der Waals surface area contributed by atoms with Crippen molar-refractivity contribution in [1.29, 1.82) is 0 Å². The molecule has 2 aliphatic rings. The lowest BCUT2D eigenvalue weighted by atomic mass is 9.94. The zero-order chi connectivity index (χ0) is 18.3. The normalized spacial score (nSPS) is 16.8. The third-order valence-electron chi connectivity index (χ3n) is 4.32. The maximum atomic E-state index is 12.5. The first-order chi connectivity index (χ1) is 12.4. The van der Waals surface area contributed by atoms with E-state index in [1.165, 1.54) is 0 Å². The molecule has 0 atom stereocenters. The molecule has 7 heteroatoms. The van der Waals surface area contributed by atoms with E-state index in [2.05, 4.69) is 10.6 Å². The molecule has 134 valence electrons. The number of hydrogen-bond acceptors (Lipinski definition) is 5. The minimum atomic E-state index is -0.630. The highest BCUT2D eigenvalue weighted by Crippen LogP contribution is 2.35. The van der Waals surface area contributed by atoms with Gasteiger partial charge in [0.1, 0.15) is 12.4 Å². The second-order valence-corrected chi connectivity index (χ2v) is 6.86. The van der Waals surface area contributed by atoms with Gasteiger partial charge in [0, 0.05) is 11.3 Å². The Balaban J connectivity index is 1.54. The molecule has 2 heterocycles. The monoisotopic (exact) mass is 354 g/mol. The molecule has 2 amide bonds. The summed E-state index contributed by atoms with van der Waals surface area (Å²) in [6.45, 7) is 4.07. The Bertz CT molecular complexity index is 907. The molecule has 2 N–H and O–H groups in total. The molecule has 0 radical (unpaired) electrons. The van der Waals surface area contributed by atoms with Crippen molar-refractivity contribution >= 4 is 23.2 Å². The van der Waals surface area contributed by atoms with Gasteiger partial charge in [-0.2, -0.15) is 0 Å². The van der Waals surface area contributed by atoms with E-state index in [0.717, 1.165) is 0 Å². The SMILES string of the molecule is CC1(C)COc2ccc(NC(=O)c3ccc4c(c3)OCO4)cc2NC1=O. The van der Waals surface area contributed by atoms with Gasteiger partial charge in [-0.1, -0.05) is 0 Å². The number of rotatable bonds is 2. The van der Waals surface area contributed by atoms with E-state index >= 15 is 0 Å². The molecule has 2 aromatic carbocycles. The summed E-state index contributed by atoms with van der Waals surface area (Å²) in [5.41, 5.74) is 0.902. The third-order valence-corrected chi connectivity index (χ3v) is 4.32. The first-order valence-corrected chi connectivity index (χ1v) is 8.22. The number of fused-ring (bicyclic) bond motifs is 2. The van der Waals surface area contributed by atoms with Gasteiger partial charge in [0.15, 0.2) is 11.5 Å². The predicted octanol–water partition coefficient (Wildman–Crippen LogP) is 3.02. The Labute approximate surface area is 150 Å². The number of carbonyl (C=O) groups is 2. The van der Waals surface area contributed by atoms with Crippen molar-refractivity contribution in [2.24, 2.45) is 5.41 Å². The fourth-order valence-electron chi connectivity index (χ4n) is 2.69. The Morgan fingerprint density at radius 2 is 1.81 bits per heavy atom. The summed E-state index contributed by atoms with van der Waals surface area (Å²) in [7, 11) is 0. The van der Waals surface area contributed by atoms with E-state index in [1.54, 1.807) is 36.4 Å². The van der Waals surface area contributed by atoms with E-state index in [9.17, 15) is 9.59 Å². The second kappa shape index (κ2) is 5.94. The van der Waals surface area contributed by atoms with Crippen molar-refractivity contribution < 1.29 is 23.8 Å². The van der Waals surface area contributed by atoms with Crippen molar-refractivity contribution in [1.82, 2.24) is 0 Å². The average molecular weight is 354 g/mol. The number of anilines is 2. The molecule has 0 fully saturated rings. The highest BCUT2D eigenvalue weighted by atomic mass is 16.7. The summed E-state index contributed by atoms with van der Waals surface area (Å²) in [4.78, 5) is 24.7. The maximum absolute atomic E-state index is 12.5. The molecule has 0 aliphatic carbocycles. The van der Waals surface area contributed by atoms with Gasteiger partial charge in [-0.25, -0.2) is 0 Å². The molecule has 0 unspecified atom stereocenters. The Kier molecular flexibility index (Phi) is 3.72. The van der Waals surface area contributed by atoms with Crippen LogP contribution in [0, 0.1) is 5.41 Å². The average Bonchev–Trinajstić information content (AvgIpc) is 3.04. The number of amides is 2. The Hall–Kier alpha value is -3.22. The number of benzene rings is 2. The quantitative estimate of drug-likeness (QED) is 0.866. The largest absolute Gasteiger partial charge is 0.490 e. The minimum Gasteiger partial charge on any atom is -0.490 e. The van der Waals surface area contributed by atoms with Gasteiger partial charge >= 0.3 is 0 Å². The Morgan fingerprint density at radius 3 is 2.65 bits per heavy atom. The second-order valence-electron chi connectivity index (χ2n) is 6.86. The van der Waals surface area contributed by atoms with Gasteiger partial charge in [0.2, 0.25) is 12.7 Å². The summed E-state index contributed by atoms with van der Waals surface area (Å²) in [6.07, 6.45) is 0. The highest BCUT2D eigenvalue weighted by Gasteiger charge is 2.32. The summed E-state index contributed by atoms with van der Waals surface area (Å²) < 4.78 is 16.2. The molecule has 2 aromatic rings. The molecular formula is C19H18N2O5. The zero-order valence-electron chi connectivity index (χ0n) is 14.4. The van der Waals surface area contributed by atoms with Crippen LogP contribution in [0.1, 0.15) is 24.2 Å². The van der Waals surface area contributed by atoms with Gasteiger partial charge in [-0.15, -0.1) is 0 Å². The molecule has 26 heavy (non-hydrogen) atoms. The lowest BCUT2D eigenvalue weighted by Crippen LogP contribution is -2.33. The summed E-state index contributed by atoms with van der Waals surface area (Å²) in [5, 5.41) is 5.66. The van der Waals surface area contributed by atoms with Gasteiger partial charge < -0.3 is 24.8 Å². The number of carbonyl (C=O) groups excluding carboxylic acids is 2. The van der Waals surface area contributed by atoms with Crippen LogP contribution in [-0.2, 0) is 4.79 Å². The van der Waals surface area contributed by atoms with Crippen LogP contribution in [0.4, 0.5) is 11.4 Å². The lowest BCUT2D eigenvalue weighted by Gasteiger charge is -2.18. The van der Waals surface area contributed by atoms with Crippen LogP contribution in [0.3, 0.4) is 0 Å². The maximum Gasteiger partial charge on any atom is 0.255 e. The first kappa shape index (κ1) is 16.3.